The fourth-order valence-corrected chi connectivity index (χ4v) is 7.86. The van der Waals surface area contributed by atoms with Crippen LogP contribution in [-0.4, -0.2) is 78.7 Å². The lowest BCUT2D eigenvalue weighted by Crippen LogP contribution is -2.55. The van der Waals surface area contributed by atoms with E-state index in [0.717, 1.165) is 32.2 Å². The Kier molecular flexibility index (Phi) is 5.77. The van der Waals surface area contributed by atoms with E-state index in [9.17, 15) is 18.3 Å². The maximum absolute atomic E-state index is 13.6. The molecular weight excluding hydrogens is 438 g/mol. The van der Waals surface area contributed by atoms with Crippen LogP contribution >= 0.6 is 0 Å². The Labute approximate surface area is 197 Å². The van der Waals surface area contributed by atoms with E-state index in [1.54, 1.807) is 0 Å². The highest BCUT2D eigenvalue weighted by Gasteiger charge is 2.55. The van der Waals surface area contributed by atoms with Gasteiger partial charge in [-0.15, -0.1) is 0 Å². The van der Waals surface area contributed by atoms with Crippen molar-refractivity contribution in [2.45, 2.75) is 68.0 Å². The SMILES string of the molecule is CNC1(c2ccccc2)CCC2(CC1)CN(CC1(O)CCS(=O)(=O)CC1)C(=O)N2CC1CC1. The van der Waals surface area contributed by atoms with Crippen molar-refractivity contribution in [1.29, 1.82) is 0 Å². The van der Waals surface area contributed by atoms with Crippen molar-refractivity contribution in [2.24, 2.45) is 5.92 Å². The molecule has 1 aromatic carbocycles. The van der Waals surface area contributed by atoms with Gasteiger partial charge in [0, 0.05) is 18.6 Å². The van der Waals surface area contributed by atoms with Crippen LogP contribution < -0.4 is 5.32 Å². The van der Waals surface area contributed by atoms with Gasteiger partial charge in [0.05, 0.1) is 29.2 Å². The van der Waals surface area contributed by atoms with Crippen LogP contribution in [0.4, 0.5) is 4.79 Å². The molecule has 2 N–H and O–H groups in total. The maximum atomic E-state index is 13.6. The molecule has 8 heteroatoms. The smallest absolute Gasteiger partial charge is 0.320 e. The Morgan fingerprint density at radius 1 is 1.03 bits per heavy atom. The average Bonchev–Trinajstić information content (AvgIpc) is 3.61. The van der Waals surface area contributed by atoms with Gasteiger partial charge in [-0.2, -0.15) is 0 Å². The Morgan fingerprint density at radius 3 is 2.24 bits per heavy atom. The number of rotatable bonds is 6. The summed E-state index contributed by atoms with van der Waals surface area (Å²) in [6.45, 7) is 1.67. The van der Waals surface area contributed by atoms with Gasteiger partial charge in [0.2, 0.25) is 0 Å². The molecule has 5 rings (SSSR count). The molecule has 33 heavy (non-hydrogen) atoms. The molecule has 2 saturated carbocycles. The first kappa shape index (κ1) is 23.1. The van der Waals surface area contributed by atoms with E-state index in [4.69, 9.17) is 0 Å². The molecule has 0 atom stereocenters. The van der Waals surface area contributed by atoms with Crippen LogP contribution in [0, 0.1) is 5.92 Å². The summed E-state index contributed by atoms with van der Waals surface area (Å²) < 4.78 is 23.7. The largest absolute Gasteiger partial charge is 0.388 e. The highest BCUT2D eigenvalue weighted by atomic mass is 32.2. The Hall–Kier alpha value is -1.64. The van der Waals surface area contributed by atoms with Crippen molar-refractivity contribution >= 4 is 15.9 Å². The van der Waals surface area contributed by atoms with Gasteiger partial charge >= 0.3 is 6.03 Å². The molecule has 4 aliphatic rings. The minimum Gasteiger partial charge on any atom is -0.388 e. The Balaban J connectivity index is 1.35. The van der Waals surface area contributed by atoms with Crippen LogP contribution in [0.3, 0.4) is 0 Å². The molecule has 2 saturated heterocycles. The predicted octanol–water partition coefficient (Wildman–Crippen LogP) is 2.50. The lowest BCUT2D eigenvalue weighted by Gasteiger charge is -2.48. The maximum Gasteiger partial charge on any atom is 0.320 e. The number of carbonyl (C=O) groups excluding carboxylic acids is 1. The van der Waals surface area contributed by atoms with E-state index < -0.39 is 15.4 Å². The summed E-state index contributed by atoms with van der Waals surface area (Å²) in [6.07, 6.45) is 6.56. The second-order valence-electron chi connectivity index (χ2n) is 11.0. The van der Waals surface area contributed by atoms with E-state index in [1.807, 2.05) is 18.0 Å². The van der Waals surface area contributed by atoms with Crippen LogP contribution in [0.2, 0.25) is 0 Å². The van der Waals surface area contributed by atoms with Gasteiger partial charge in [-0.05, 0) is 69.9 Å². The Morgan fingerprint density at radius 2 is 1.67 bits per heavy atom. The first-order valence-electron chi connectivity index (χ1n) is 12.4. The number of hydrogen-bond donors (Lipinski definition) is 2. The van der Waals surface area contributed by atoms with Gasteiger partial charge in [-0.1, -0.05) is 30.3 Å². The van der Waals surface area contributed by atoms with E-state index in [1.165, 1.54) is 18.4 Å². The molecule has 1 aromatic rings. The number of amides is 2. The van der Waals surface area contributed by atoms with Gasteiger partial charge in [0.25, 0.3) is 0 Å². The number of urea groups is 1. The van der Waals surface area contributed by atoms with Gasteiger partial charge < -0.3 is 20.2 Å². The van der Waals surface area contributed by atoms with E-state index in [2.05, 4.69) is 34.5 Å². The van der Waals surface area contributed by atoms with Crippen LogP contribution in [-0.2, 0) is 15.4 Å². The van der Waals surface area contributed by atoms with Crippen molar-refractivity contribution in [3.05, 3.63) is 35.9 Å². The molecule has 2 heterocycles. The van der Waals surface area contributed by atoms with Crippen LogP contribution in [0.1, 0.15) is 56.9 Å². The van der Waals surface area contributed by atoms with E-state index in [0.29, 0.717) is 12.5 Å². The van der Waals surface area contributed by atoms with Crippen molar-refractivity contribution in [2.75, 3.05) is 38.2 Å². The molecule has 2 aliphatic heterocycles. The fourth-order valence-electron chi connectivity index (χ4n) is 6.28. The monoisotopic (exact) mass is 475 g/mol. The summed E-state index contributed by atoms with van der Waals surface area (Å²) in [7, 11) is -1.04. The van der Waals surface area contributed by atoms with E-state index >= 15 is 0 Å². The molecule has 182 valence electrons. The zero-order valence-electron chi connectivity index (χ0n) is 19.6. The molecular formula is C25H37N3O4S. The average molecular weight is 476 g/mol. The molecule has 2 amide bonds. The number of β-amino-alcohol motifs (C(OH)–C–C–N with tert-alkyl or cyclic N) is 1. The number of sulfone groups is 1. The number of carbonyl (C=O) groups is 1. The summed E-state index contributed by atoms with van der Waals surface area (Å²) in [5, 5.41) is 14.7. The third-order valence-corrected chi connectivity index (χ3v) is 10.4. The fraction of sp³-hybridized carbons (Fsp3) is 0.720. The molecule has 0 aromatic heterocycles. The summed E-state index contributed by atoms with van der Waals surface area (Å²) in [4.78, 5) is 17.5. The third kappa shape index (κ3) is 4.42. The minimum atomic E-state index is -3.07. The third-order valence-electron chi connectivity index (χ3n) is 8.78. The lowest BCUT2D eigenvalue weighted by atomic mass is 9.69. The summed E-state index contributed by atoms with van der Waals surface area (Å²) in [5.41, 5.74) is -0.0867. The van der Waals surface area contributed by atoms with Crippen LogP contribution in [0.15, 0.2) is 30.3 Å². The van der Waals surface area contributed by atoms with Crippen LogP contribution in [0.25, 0.3) is 0 Å². The van der Waals surface area contributed by atoms with Crippen LogP contribution in [0.5, 0.6) is 0 Å². The number of nitrogens with zero attached hydrogens (tertiary/aromatic N) is 2. The quantitative estimate of drug-likeness (QED) is 0.660. The standard InChI is InChI=1S/C25H37N3O4S/c1-26-25(21-5-3-2-4-6-21)11-9-23(10-12-25)18-27(22(29)28(23)17-20-7-8-20)19-24(30)13-15-33(31,32)16-14-24/h2-6,20,26,30H,7-19H2,1H3. The minimum absolute atomic E-state index is 0.00419. The van der Waals surface area contributed by atoms with Gasteiger partial charge in [-0.25, -0.2) is 13.2 Å². The molecule has 7 nitrogen and oxygen atoms in total. The first-order valence-corrected chi connectivity index (χ1v) is 14.2. The lowest BCUT2D eigenvalue weighted by molar-refractivity contribution is 0.00562. The number of hydrogen-bond acceptors (Lipinski definition) is 5. The van der Waals surface area contributed by atoms with Gasteiger partial charge in [0.1, 0.15) is 0 Å². The zero-order valence-corrected chi connectivity index (χ0v) is 20.4. The summed E-state index contributed by atoms with van der Waals surface area (Å²) in [5.74, 6) is 0.604. The molecule has 4 fully saturated rings. The zero-order chi connectivity index (χ0) is 23.3. The number of benzene rings is 1. The molecule has 0 radical (unpaired) electrons. The summed E-state index contributed by atoms with van der Waals surface area (Å²) >= 11 is 0. The highest BCUT2D eigenvalue weighted by Crippen LogP contribution is 2.48. The number of nitrogens with one attached hydrogen (secondary N) is 1. The first-order chi connectivity index (χ1) is 15.7. The van der Waals surface area contributed by atoms with Crippen molar-refractivity contribution < 1.29 is 18.3 Å². The van der Waals surface area contributed by atoms with Gasteiger partial charge in [-0.3, -0.25) is 0 Å². The van der Waals surface area contributed by atoms with Gasteiger partial charge in [0.15, 0.2) is 9.84 Å². The highest BCUT2D eigenvalue weighted by molar-refractivity contribution is 7.91. The summed E-state index contributed by atoms with van der Waals surface area (Å²) in [6, 6.07) is 10.6. The van der Waals surface area contributed by atoms with E-state index in [-0.39, 0.29) is 48.0 Å². The topological polar surface area (TPSA) is 90.0 Å². The molecule has 0 unspecified atom stereocenters. The Bertz CT molecular complexity index is 970. The van der Waals surface area contributed by atoms with Crippen molar-refractivity contribution in [3.63, 3.8) is 0 Å². The molecule has 0 bridgehead atoms. The predicted molar refractivity (Wildman–Crippen MR) is 128 cm³/mol. The second kappa shape index (κ2) is 8.24. The van der Waals surface area contributed by atoms with Crippen molar-refractivity contribution in [1.82, 2.24) is 15.1 Å². The second-order valence-corrected chi connectivity index (χ2v) is 13.3. The molecule has 2 aliphatic carbocycles. The number of aliphatic hydroxyl groups is 1. The van der Waals surface area contributed by atoms with Crippen molar-refractivity contribution in [3.8, 4) is 0 Å². The molecule has 1 spiro atoms. The normalized spacial score (nSPS) is 30.7.